The van der Waals surface area contributed by atoms with Crippen molar-refractivity contribution in [3.8, 4) is 11.5 Å². The molecule has 1 amide bonds. The van der Waals surface area contributed by atoms with Crippen LogP contribution in [0.2, 0.25) is 0 Å². The fourth-order valence-corrected chi connectivity index (χ4v) is 3.17. The van der Waals surface area contributed by atoms with Gasteiger partial charge >= 0.3 is 11.7 Å². The van der Waals surface area contributed by atoms with Crippen molar-refractivity contribution in [1.82, 2.24) is 0 Å². The lowest BCUT2D eigenvalue weighted by Gasteiger charge is -2.18. The normalized spacial score (nSPS) is 16.0. The fourth-order valence-electron chi connectivity index (χ4n) is 3.17. The van der Waals surface area contributed by atoms with Crippen molar-refractivity contribution in [3.05, 3.63) is 46.5 Å². The first-order chi connectivity index (χ1) is 16.4. The first kappa shape index (κ1) is 23.1. The lowest BCUT2D eigenvalue weighted by molar-refractivity contribution is -0.385. The lowest BCUT2D eigenvalue weighted by atomic mass is 10.2. The van der Waals surface area contributed by atoms with Gasteiger partial charge in [-0.25, -0.2) is 4.79 Å². The predicted octanol–water partition coefficient (Wildman–Crippen LogP) is 3.31. The third kappa shape index (κ3) is 6.50. The van der Waals surface area contributed by atoms with Gasteiger partial charge in [-0.2, -0.15) is 0 Å². The molecule has 1 heterocycles. The minimum absolute atomic E-state index is 0.0525. The van der Waals surface area contributed by atoms with Crippen LogP contribution < -0.4 is 25.4 Å². The number of fused-ring (bicyclic) bond motifs is 1. The summed E-state index contributed by atoms with van der Waals surface area (Å²) in [6.45, 7) is -0.241. The summed E-state index contributed by atoms with van der Waals surface area (Å²) in [6, 6.07) is 11.4. The van der Waals surface area contributed by atoms with Crippen LogP contribution in [0, 0.1) is 10.1 Å². The number of ether oxygens (including phenoxy) is 3. The Morgan fingerprint density at radius 1 is 1.12 bits per heavy atom. The average molecular weight is 470 g/mol. The van der Waals surface area contributed by atoms with Crippen LogP contribution in [0.4, 0.5) is 22.7 Å². The van der Waals surface area contributed by atoms with Crippen LogP contribution in [0.1, 0.15) is 25.7 Å². The van der Waals surface area contributed by atoms with Gasteiger partial charge in [-0.1, -0.05) is 0 Å². The Hall–Kier alpha value is -4.02. The quantitative estimate of drug-likeness (QED) is 0.301. The average Bonchev–Trinajstić information content (AvgIpc) is 3.75. The van der Waals surface area contributed by atoms with Crippen molar-refractivity contribution in [3.63, 3.8) is 0 Å². The van der Waals surface area contributed by atoms with Crippen LogP contribution in [0.3, 0.4) is 0 Å². The molecule has 3 aliphatic rings. The molecule has 0 aromatic heterocycles. The van der Waals surface area contributed by atoms with Crippen LogP contribution in [0.15, 0.2) is 36.4 Å². The third-order valence-corrected chi connectivity index (χ3v) is 5.24. The Morgan fingerprint density at radius 2 is 1.76 bits per heavy atom. The molecule has 2 aromatic carbocycles. The third-order valence-electron chi connectivity index (χ3n) is 5.24. The van der Waals surface area contributed by atoms with Crippen LogP contribution in [0.25, 0.3) is 0 Å². The number of carbonyl (C=O) groups excluding carboxylic acids is 2. The molecule has 2 saturated carbocycles. The highest BCUT2D eigenvalue weighted by molar-refractivity contribution is 5.96. The van der Waals surface area contributed by atoms with Gasteiger partial charge in [0.2, 0.25) is 0 Å². The summed E-state index contributed by atoms with van der Waals surface area (Å²) in [7, 11) is 1.22. The molecule has 0 bridgehead atoms. The SMILES string of the molecule is COC(=O)COc1ccc(NC2CC2)cc1[N+](=O)[O-].O=C1COc2ccc(NC3CC3)cc2N1. The smallest absolute Gasteiger partial charge is 0.343 e. The molecular weight excluding hydrogens is 444 g/mol. The Morgan fingerprint density at radius 3 is 2.38 bits per heavy atom. The van der Waals surface area contributed by atoms with Crippen LogP contribution in [-0.4, -0.2) is 49.2 Å². The van der Waals surface area contributed by atoms with E-state index in [1.807, 2.05) is 18.2 Å². The molecule has 180 valence electrons. The van der Waals surface area contributed by atoms with Gasteiger partial charge in [0.15, 0.2) is 19.0 Å². The molecule has 1 aliphatic heterocycles. The number of carbonyl (C=O) groups is 2. The van der Waals surface area contributed by atoms with Crippen LogP contribution in [0.5, 0.6) is 11.5 Å². The highest BCUT2D eigenvalue weighted by Crippen LogP contribution is 2.34. The van der Waals surface area contributed by atoms with E-state index in [9.17, 15) is 19.7 Å². The summed E-state index contributed by atoms with van der Waals surface area (Å²) in [5.74, 6) is 0.119. The highest BCUT2D eigenvalue weighted by atomic mass is 16.6. The van der Waals surface area contributed by atoms with Crippen molar-refractivity contribution in [2.75, 3.05) is 36.3 Å². The minimum Gasteiger partial charge on any atom is -0.482 e. The van der Waals surface area contributed by atoms with Crippen molar-refractivity contribution < 1.29 is 28.7 Å². The van der Waals surface area contributed by atoms with E-state index in [1.165, 1.54) is 32.1 Å². The van der Waals surface area contributed by atoms with Gasteiger partial charge < -0.3 is 30.2 Å². The second kappa shape index (κ2) is 10.3. The Balaban J connectivity index is 0.000000165. The van der Waals surface area contributed by atoms with Crippen molar-refractivity contribution in [2.24, 2.45) is 0 Å². The topological polar surface area (TPSA) is 141 Å². The summed E-state index contributed by atoms with van der Waals surface area (Å²) in [4.78, 5) is 32.5. The van der Waals surface area contributed by atoms with Gasteiger partial charge in [0.05, 0.1) is 17.7 Å². The molecule has 11 heteroatoms. The molecule has 0 saturated heterocycles. The zero-order valence-electron chi connectivity index (χ0n) is 18.7. The zero-order valence-corrected chi connectivity index (χ0v) is 18.7. The number of benzene rings is 2. The number of hydrogen-bond acceptors (Lipinski definition) is 9. The van der Waals surface area contributed by atoms with Crippen LogP contribution in [-0.2, 0) is 14.3 Å². The maximum Gasteiger partial charge on any atom is 0.343 e. The van der Waals surface area contributed by atoms with Gasteiger partial charge in [0.1, 0.15) is 5.75 Å². The van der Waals surface area contributed by atoms with Gasteiger partial charge in [-0.05, 0) is 56.0 Å². The number of nitrogens with zero attached hydrogens (tertiary/aromatic N) is 1. The zero-order chi connectivity index (χ0) is 24.1. The maximum absolute atomic E-state index is 11.1. The molecule has 11 nitrogen and oxygen atoms in total. The molecule has 0 atom stereocenters. The van der Waals surface area contributed by atoms with Crippen molar-refractivity contribution in [2.45, 2.75) is 37.8 Å². The molecule has 0 spiro atoms. The Bertz CT molecular complexity index is 1080. The monoisotopic (exact) mass is 470 g/mol. The van der Waals surface area contributed by atoms with E-state index >= 15 is 0 Å². The summed E-state index contributed by atoms with van der Waals surface area (Å²) in [5, 5.41) is 20.3. The maximum atomic E-state index is 11.1. The number of nitro benzene ring substituents is 1. The second-order valence-electron chi connectivity index (χ2n) is 8.19. The second-order valence-corrected chi connectivity index (χ2v) is 8.19. The highest BCUT2D eigenvalue weighted by Gasteiger charge is 2.24. The molecule has 2 aliphatic carbocycles. The number of rotatable bonds is 8. The first-order valence-electron chi connectivity index (χ1n) is 11.0. The van der Waals surface area contributed by atoms with E-state index in [-0.39, 0.29) is 30.6 Å². The van der Waals surface area contributed by atoms with E-state index in [1.54, 1.807) is 6.07 Å². The Kier molecular flexibility index (Phi) is 7.00. The van der Waals surface area contributed by atoms with E-state index in [0.29, 0.717) is 17.8 Å². The predicted molar refractivity (Wildman–Crippen MR) is 124 cm³/mol. The summed E-state index contributed by atoms with van der Waals surface area (Å²) < 4.78 is 14.8. The van der Waals surface area contributed by atoms with Gasteiger partial charge in [-0.15, -0.1) is 0 Å². The molecule has 34 heavy (non-hydrogen) atoms. The number of methoxy groups -OCH3 is 1. The van der Waals surface area contributed by atoms with E-state index < -0.39 is 10.9 Å². The van der Waals surface area contributed by atoms with Gasteiger partial charge in [0.25, 0.3) is 5.91 Å². The van der Waals surface area contributed by atoms with E-state index in [0.717, 1.165) is 30.0 Å². The number of anilines is 3. The summed E-state index contributed by atoms with van der Waals surface area (Å²) in [5.41, 5.74) is 2.31. The summed E-state index contributed by atoms with van der Waals surface area (Å²) >= 11 is 0. The van der Waals surface area contributed by atoms with E-state index in [2.05, 4.69) is 20.7 Å². The molecule has 3 N–H and O–H groups in total. The molecule has 0 unspecified atom stereocenters. The largest absolute Gasteiger partial charge is 0.482 e. The number of nitrogens with one attached hydrogen (secondary N) is 3. The Labute approximate surface area is 195 Å². The van der Waals surface area contributed by atoms with Gasteiger partial charge in [-0.3, -0.25) is 14.9 Å². The lowest BCUT2D eigenvalue weighted by Crippen LogP contribution is -2.25. The molecule has 2 aromatic rings. The fraction of sp³-hybridized carbons (Fsp3) is 0.391. The van der Waals surface area contributed by atoms with Gasteiger partial charge in [0, 0.05) is 29.5 Å². The number of amides is 1. The molecule has 5 rings (SSSR count). The van der Waals surface area contributed by atoms with E-state index in [4.69, 9.17) is 9.47 Å². The first-order valence-corrected chi connectivity index (χ1v) is 11.0. The minimum atomic E-state index is -0.588. The number of esters is 1. The number of nitro groups is 1. The molecular formula is C23H26N4O7. The molecule has 0 radical (unpaired) electrons. The van der Waals surface area contributed by atoms with Crippen molar-refractivity contribution >= 4 is 34.6 Å². The summed E-state index contributed by atoms with van der Waals surface area (Å²) in [6.07, 6.45) is 4.63. The molecule has 2 fully saturated rings. The van der Waals surface area contributed by atoms with Crippen molar-refractivity contribution in [1.29, 1.82) is 0 Å². The van der Waals surface area contributed by atoms with Crippen LogP contribution >= 0.6 is 0 Å². The number of hydrogen-bond donors (Lipinski definition) is 3. The standard InChI is InChI=1S/C12H14N2O5.C11H12N2O2/c1-18-12(15)7-19-11-5-4-9(13-8-2-3-8)6-10(11)14(16)17;14-11-6-15-10-4-3-8(5-9(10)13-11)12-7-1-2-7/h4-6,8,13H,2-3,7H2,1H3;3-5,7,12H,1-2,6H2,(H,13,14).